The topological polar surface area (TPSA) is 54.9 Å². The van der Waals surface area contributed by atoms with Crippen molar-refractivity contribution < 1.29 is 4.79 Å². The number of fused-ring (bicyclic) bond motifs is 1. The summed E-state index contributed by atoms with van der Waals surface area (Å²) >= 11 is 5.69. The van der Waals surface area contributed by atoms with Crippen LogP contribution < -0.4 is 5.32 Å². The smallest absolute Gasteiger partial charge is 0.257 e. The van der Waals surface area contributed by atoms with E-state index in [0.29, 0.717) is 16.4 Å². The number of carbonyl (C=O) groups excluding carboxylic acids is 1. The van der Waals surface area contributed by atoms with Crippen molar-refractivity contribution >= 4 is 34.1 Å². The summed E-state index contributed by atoms with van der Waals surface area (Å²) in [5, 5.41) is 4.11. The minimum atomic E-state index is -0.244. The highest BCUT2D eigenvalue weighted by atomic mass is 35.5. The summed E-state index contributed by atoms with van der Waals surface area (Å²) in [5.41, 5.74) is 1.98. The van der Waals surface area contributed by atoms with Gasteiger partial charge in [-0.05, 0) is 24.3 Å². The lowest BCUT2D eigenvalue weighted by Crippen LogP contribution is -2.12. The Labute approximate surface area is 134 Å². The van der Waals surface area contributed by atoms with E-state index in [1.807, 2.05) is 44.2 Å². The Kier molecular flexibility index (Phi) is 5.44. The second kappa shape index (κ2) is 7.52. The van der Waals surface area contributed by atoms with Crippen LogP contribution in [0.15, 0.2) is 54.9 Å². The molecule has 0 fully saturated rings. The molecule has 0 bridgehead atoms. The second-order valence-corrected chi connectivity index (χ2v) is 4.63. The first-order valence-electron chi connectivity index (χ1n) is 7.00. The maximum atomic E-state index is 12.0. The molecule has 0 aliphatic rings. The third kappa shape index (κ3) is 3.80. The van der Waals surface area contributed by atoms with Crippen molar-refractivity contribution in [1.29, 1.82) is 0 Å². The summed E-state index contributed by atoms with van der Waals surface area (Å²) in [4.78, 5) is 20.2. The van der Waals surface area contributed by atoms with Crippen LogP contribution in [0.25, 0.3) is 10.9 Å². The van der Waals surface area contributed by atoms with Crippen molar-refractivity contribution in [3.63, 3.8) is 0 Å². The molecule has 0 aliphatic carbocycles. The molecule has 0 aliphatic heterocycles. The van der Waals surface area contributed by atoms with Crippen molar-refractivity contribution in [3.05, 3.63) is 65.6 Å². The first-order valence-corrected chi connectivity index (χ1v) is 7.38. The Bertz CT molecular complexity index is 772. The normalized spacial score (nSPS) is 9.77. The molecule has 0 saturated carbocycles. The number of rotatable bonds is 2. The maximum absolute atomic E-state index is 12.0. The van der Waals surface area contributed by atoms with Crippen LogP contribution in [0.2, 0.25) is 5.15 Å². The molecule has 1 amide bonds. The molecular formula is C17H16ClN3O. The van der Waals surface area contributed by atoms with Gasteiger partial charge in [0.1, 0.15) is 5.15 Å². The van der Waals surface area contributed by atoms with E-state index in [2.05, 4.69) is 15.3 Å². The third-order valence-electron chi connectivity index (χ3n) is 2.84. The molecule has 2 heterocycles. The molecule has 2 aromatic heterocycles. The van der Waals surface area contributed by atoms with Crippen molar-refractivity contribution in [2.45, 2.75) is 13.8 Å². The molecule has 1 aromatic carbocycles. The number of hydrogen-bond acceptors (Lipinski definition) is 3. The van der Waals surface area contributed by atoms with Gasteiger partial charge < -0.3 is 5.32 Å². The number of aromatic nitrogens is 2. The molecule has 0 saturated heterocycles. The average molecular weight is 314 g/mol. The molecule has 0 radical (unpaired) electrons. The van der Waals surface area contributed by atoms with Crippen LogP contribution in [-0.2, 0) is 0 Å². The van der Waals surface area contributed by atoms with Crippen LogP contribution in [0.1, 0.15) is 24.2 Å². The fourth-order valence-corrected chi connectivity index (χ4v) is 1.96. The maximum Gasteiger partial charge on any atom is 0.257 e. The summed E-state index contributed by atoms with van der Waals surface area (Å²) in [6, 6.07) is 12.8. The highest BCUT2D eigenvalue weighted by molar-refractivity contribution is 6.29. The molecule has 0 spiro atoms. The van der Waals surface area contributed by atoms with Gasteiger partial charge in [0.25, 0.3) is 5.91 Å². The predicted molar refractivity (Wildman–Crippen MR) is 90.3 cm³/mol. The highest BCUT2D eigenvalue weighted by Crippen LogP contribution is 2.17. The van der Waals surface area contributed by atoms with Gasteiger partial charge in [-0.1, -0.05) is 43.6 Å². The van der Waals surface area contributed by atoms with Gasteiger partial charge >= 0.3 is 0 Å². The largest absolute Gasteiger partial charge is 0.321 e. The summed E-state index contributed by atoms with van der Waals surface area (Å²) in [6.45, 7) is 4.00. The van der Waals surface area contributed by atoms with Gasteiger partial charge in [-0.25, -0.2) is 4.98 Å². The predicted octanol–water partition coefficient (Wildman–Crippen LogP) is 4.56. The van der Waals surface area contributed by atoms with E-state index in [9.17, 15) is 4.79 Å². The Hall–Kier alpha value is -2.46. The van der Waals surface area contributed by atoms with Crippen LogP contribution in [0, 0.1) is 0 Å². The molecule has 4 nitrogen and oxygen atoms in total. The van der Waals surface area contributed by atoms with Gasteiger partial charge in [0.2, 0.25) is 0 Å². The minimum absolute atomic E-state index is 0.244. The van der Waals surface area contributed by atoms with Gasteiger partial charge in [0, 0.05) is 11.6 Å². The number of nitrogens with one attached hydrogen (secondary N) is 1. The standard InChI is InChI=1S/C15H10ClN3O.C2H6/c16-14-6-5-11(8-18-14)15(20)19-12-7-10-3-1-2-4-13(10)17-9-12;1-2/h1-9H,(H,19,20);1-2H3. The van der Waals surface area contributed by atoms with Crippen LogP contribution >= 0.6 is 11.6 Å². The van der Waals surface area contributed by atoms with Gasteiger partial charge in [-0.15, -0.1) is 0 Å². The van der Waals surface area contributed by atoms with Crippen LogP contribution in [0.4, 0.5) is 5.69 Å². The fraction of sp³-hybridized carbons (Fsp3) is 0.118. The van der Waals surface area contributed by atoms with E-state index in [1.165, 1.54) is 6.20 Å². The van der Waals surface area contributed by atoms with Crippen LogP contribution in [0.5, 0.6) is 0 Å². The van der Waals surface area contributed by atoms with E-state index >= 15 is 0 Å². The average Bonchev–Trinajstić information content (AvgIpc) is 2.57. The first-order chi connectivity index (χ1) is 10.7. The number of amides is 1. The Balaban J connectivity index is 0.000000847. The van der Waals surface area contributed by atoms with E-state index in [4.69, 9.17) is 11.6 Å². The molecule has 1 N–H and O–H groups in total. The molecule has 112 valence electrons. The second-order valence-electron chi connectivity index (χ2n) is 4.24. The van der Waals surface area contributed by atoms with Gasteiger partial charge in [0.15, 0.2) is 0 Å². The molecular weight excluding hydrogens is 298 g/mol. The number of halogens is 1. The molecule has 3 rings (SSSR count). The lowest BCUT2D eigenvalue weighted by Gasteiger charge is -2.06. The molecule has 0 atom stereocenters. The van der Waals surface area contributed by atoms with Crippen LogP contribution in [-0.4, -0.2) is 15.9 Å². The van der Waals surface area contributed by atoms with E-state index in [-0.39, 0.29) is 5.91 Å². The van der Waals surface area contributed by atoms with E-state index in [1.54, 1.807) is 18.3 Å². The molecule has 22 heavy (non-hydrogen) atoms. The zero-order valence-electron chi connectivity index (χ0n) is 12.4. The van der Waals surface area contributed by atoms with Gasteiger partial charge in [0.05, 0.1) is 23.0 Å². The fourth-order valence-electron chi connectivity index (χ4n) is 1.85. The van der Waals surface area contributed by atoms with Crippen molar-refractivity contribution in [2.75, 3.05) is 5.32 Å². The molecule has 0 unspecified atom stereocenters. The minimum Gasteiger partial charge on any atom is -0.321 e. The number of para-hydroxylation sites is 1. The van der Waals surface area contributed by atoms with E-state index in [0.717, 1.165) is 10.9 Å². The lowest BCUT2D eigenvalue weighted by molar-refractivity contribution is 0.102. The quantitative estimate of drug-likeness (QED) is 0.705. The third-order valence-corrected chi connectivity index (χ3v) is 3.06. The van der Waals surface area contributed by atoms with Crippen LogP contribution in [0.3, 0.4) is 0 Å². The summed E-state index contributed by atoms with van der Waals surface area (Å²) in [7, 11) is 0. The molecule has 3 aromatic rings. The summed E-state index contributed by atoms with van der Waals surface area (Å²) < 4.78 is 0. The van der Waals surface area contributed by atoms with Gasteiger partial charge in [-0.3, -0.25) is 9.78 Å². The Morgan fingerprint density at radius 3 is 2.55 bits per heavy atom. The Morgan fingerprint density at radius 1 is 1.05 bits per heavy atom. The summed E-state index contributed by atoms with van der Waals surface area (Å²) in [6.07, 6.45) is 3.07. The molecule has 5 heteroatoms. The summed E-state index contributed by atoms with van der Waals surface area (Å²) in [5.74, 6) is -0.244. The Morgan fingerprint density at radius 2 is 1.82 bits per heavy atom. The number of anilines is 1. The number of nitrogens with zero attached hydrogens (tertiary/aromatic N) is 2. The number of benzene rings is 1. The number of hydrogen-bond donors (Lipinski definition) is 1. The lowest BCUT2D eigenvalue weighted by atomic mass is 10.2. The number of carbonyl (C=O) groups is 1. The van der Waals surface area contributed by atoms with E-state index < -0.39 is 0 Å². The highest BCUT2D eigenvalue weighted by Gasteiger charge is 2.07. The van der Waals surface area contributed by atoms with Crippen molar-refractivity contribution in [1.82, 2.24) is 9.97 Å². The van der Waals surface area contributed by atoms with Crippen molar-refractivity contribution in [3.8, 4) is 0 Å². The monoisotopic (exact) mass is 313 g/mol. The zero-order valence-corrected chi connectivity index (χ0v) is 13.1. The van der Waals surface area contributed by atoms with Crippen molar-refractivity contribution in [2.24, 2.45) is 0 Å². The SMILES string of the molecule is CC.O=C(Nc1cnc2ccccc2c1)c1ccc(Cl)nc1. The zero-order chi connectivity index (χ0) is 15.9. The number of pyridine rings is 2. The van der Waals surface area contributed by atoms with Gasteiger partial charge in [-0.2, -0.15) is 0 Å². The first kappa shape index (κ1) is 15.9.